The van der Waals surface area contributed by atoms with Crippen LogP contribution in [0.15, 0.2) is 47.4 Å². The first-order valence-electron chi connectivity index (χ1n) is 10.1. The number of para-hydroxylation sites is 1. The lowest BCUT2D eigenvalue weighted by Gasteiger charge is -2.27. The molecule has 2 N–H and O–H groups in total. The van der Waals surface area contributed by atoms with Gasteiger partial charge in [-0.25, -0.2) is 8.42 Å². The molecule has 0 atom stereocenters. The normalized spacial score (nSPS) is 15.3. The molecule has 1 heterocycles. The number of aryl methyl sites for hydroxylation is 1. The number of benzene rings is 2. The number of rotatable bonds is 5. The summed E-state index contributed by atoms with van der Waals surface area (Å²) >= 11 is 5.51. The van der Waals surface area contributed by atoms with E-state index < -0.39 is 10.0 Å². The second-order valence-corrected chi connectivity index (χ2v) is 10.1. The molecule has 0 amide bonds. The van der Waals surface area contributed by atoms with E-state index in [1.165, 1.54) is 0 Å². The van der Waals surface area contributed by atoms with Gasteiger partial charge in [-0.1, -0.05) is 44.5 Å². The summed E-state index contributed by atoms with van der Waals surface area (Å²) in [5.41, 5.74) is 3.48. The Morgan fingerprint density at radius 1 is 1.00 bits per heavy atom. The molecule has 0 radical (unpaired) electrons. The van der Waals surface area contributed by atoms with Gasteiger partial charge in [0.25, 0.3) is 0 Å². The summed E-state index contributed by atoms with van der Waals surface area (Å²) in [6.45, 7) is 7.29. The number of sulfonamides is 1. The van der Waals surface area contributed by atoms with Crippen LogP contribution in [0.1, 0.15) is 50.2 Å². The molecule has 0 unspecified atom stereocenters. The van der Waals surface area contributed by atoms with Crippen molar-refractivity contribution < 1.29 is 8.42 Å². The number of thiocarbonyl (C=S) groups is 1. The van der Waals surface area contributed by atoms with Gasteiger partial charge in [-0.15, -0.1) is 0 Å². The smallest absolute Gasteiger partial charge is 0.245 e. The van der Waals surface area contributed by atoms with E-state index in [-0.39, 0.29) is 4.90 Å². The molecular weight excluding hydrogens is 402 g/mol. The van der Waals surface area contributed by atoms with Crippen molar-refractivity contribution in [2.75, 3.05) is 23.7 Å². The van der Waals surface area contributed by atoms with Crippen LogP contribution in [0, 0.1) is 6.92 Å². The fourth-order valence-electron chi connectivity index (χ4n) is 3.58. The maximum Gasteiger partial charge on any atom is 0.245 e. The Bertz CT molecular complexity index is 981. The first kappa shape index (κ1) is 21.7. The molecule has 0 aromatic heterocycles. The Balaban J connectivity index is 1.86. The molecule has 1 fully saturated rings. The molecule has 0 bridgehead atoms. The van der Waals surface area contributed by atoms with Crippen molar-refractivity contribution >= 4 is 38.7 Å². The third kappa shape index (κ3) is 5.15. The summed E-state index contributed by atoms with van der Waals surface area (Å²) in [5, 5.41) is 6.71. The molecule has 1 saturated heterocycles. The highest BCUT2D eigenvalue weighted by molar-refractivity contribution is 7.89. The molecule has 0 aliphatic carbocycles. The SMILES string of the molecule is Cc1ccc(NC(=S)Nc2ccccc2C(C)C)c(S(=O)(=O)N2CCCCC2)c1. The number of piperidine rings is 1. The summed E-state index contributed by atoms with van der Waals surface area (Å²) in [6, 6.07) is 13.4. The predicted molar refractivity (Wildman–Crippen MR) is 124 cm³/mol. The molecule has 3 rings (SSSR count). The van der Waals surface area contributed by atoms with Crippen molar-refractivity contribution in [2.24, 2.45) is 0 Å². The molecule has 1 aliphatic heterocycles. The maximum absolute atomic E-state index is 13.3. The topological polar surface area (TPSA) is 61.4 Å². The van der Waals surface area contributed by atoms with Gasteiger partial charge in [-0.3, -0.25) is 0 Å². The molecular formula is C22H29N3O2S2. The van der Waals surface area contributed by atoms with E-state index in [1.54, 1.807) is 16.4 Å². The minimum absolute atomic E-state index is 0.278. The summed E-state index contributed by atoms with van der Waals surface area (Å²) in [6.07, 6.45) is 2.88. The van der Waals surface area contributed by atoms with Gasteiger partial charge in [0, 0.05) is 18.8 Å². The van der Waals surface area contributed by atoms with Gasteiger partial charge in [0.1, 0.15) is 4.90 Å². The van der Waals surface area contributed by atoms with Crippen LogP contribution in [0.3, 0.4) is 0 Å². The van der Waals surface area contributed by atoms with Crippen LogP contribution in [0.4, 0.5) is 11.4 Å². The Kier molecular flexibility index (Phi) is 6.93. The lowest BCUT2D eigenvalue weighted by Crippen LogP contribution is -2.36. The summed E-state index contributed by atoms with van der Waals surface area (Å²) < 4.78 is 28.1. The van der Waals surface area contributed by atoms with Crippen molar-refractivity contribution in [1.82, 2.24) is 4.31 Å². The van der Waals surface area contributed by atoms with Gasteiger partial charge in [0.2, 0.25) is 10.0 Å². The van der Waals surface area contributed by atoms with E-state index in [0.717, 1.165) is 36.1 Å². The molecule has 5 nitrogen and oxygen atoms in total. The average molecular weight is 432 g/mol. The summed E-state index contributed by atoms with van der Waals surface area (Å²) in [5.74, 6) is 0.343. The quantitative estimate of drug-likeness (QED) is 0.645. The molecule has 0 saturated carbocycles. The number of nitrogens with one attached hydrogen (secondary N) is 2. The van der Waals surface area contributed by atoms with Gasteiger partial charge in [0.15, 0.2) is 5.11 Å². The second kappa shape index (κ2) is 9.24. The van der Waals surface area contributed by atoms with Crippen LogP contribution in [-0.4, -0.2) is 30.9 Å². The summed E-state index contributed by atoms with van der Waals surface area (Å²) in [4.78, 5) is 0.278. The van der Waals surface area contributed by atoms with Crippen LogP contribution >= 0.6 is 12.2 Å². The van der Waals surface area contributed by atoms with Gasteiger partial charge >= 0.3 is 0 Å². The zero-order chi connectivity index (χ0) is 21.0. The second-order valence-electron chi connectivity index (χ2n) is 7.79. The predicted octanol–water partition coefficient (Wildman–Crippen LogP) is 5.10. The highest BCUT2D eigenvalue weighted by Gasteiger charge is 2.28. The van der Waals surface area contributed by atoms with Crippen LogP contribution in [0.5, 0.6) is 0 Å². The zero-order valence-electron chi connectivity index (χ0n) is 17.2. The zero-order valence-corrected chi connectivity index (χ0v) is 18.9. The largest absolute Gasteiger partial charge is 0.332 e. The van der Waals surface area contributed by atoms with Crippen molar-refractivity contribution in [2.45, 2.75) is 50.8 Å². The first-order chi connectivity index (χ1) is 13.8. The third-order valence-electron chi connectivity index (χ3n) is 5.15. The lowest BCUT2D eigenvalue weighted by molar-refractivity contribution is 0.347. The Labute approximate surface area is 179 Å². The fraction of sp³-hybridized carbons (Fsp3) is 0.409. The lowest BCUT2D eigenvalue weighted by atomic mass is 10.0. The average Bonchev–Trinajstić information content (AvgIpc) is 2.70. The van der Waals surface area contributed by atoms with Crippen molar-refractivity contribution in [1.29, 1.82) is 0 Å². The number of nitrogens with zero attached hydrogens (tertiary/aromatic N) is 1. The molecule has 1 aliphatic rings. The number of anilines is 2. The minimum Gasteiger partial charge on any atom is -0.332 e. The highest BCUT2D eigenvalue weighted by atomic mass is 32.2. The van der Waals surface area contributed by atoms with Gasteiger partial charge in [-0.05, 0) is 67.2 Å². The molecule has 7 heteroatoms. The van der Waals surface area contributed by atoms with Crippen LogP contribution in [0.2, 0.25) is 0 Å². The van der Waals surface area contributed by atoms with Crippen LogP contribution < -0.4 is 10.6 Å². The van der Waals surface area contributed by atoms with E-state index >= 15 is 0 Å². The fourth-order valence-corrected chi connectivity index (χ4v) is 5.55. The van der Waals surface area contributed by atoms with Gasteiger partial charge in [0.05, 0.1) is 5.69 Å². The summed E-state index contributed by atoms with van der Waals surface area (Å²) in [7, 11) is -3.57. The standard InChI is InChI=1S/C22H29N3O2S2/c1-16(2)18-9-5-6-10-19(18)23-22(28)24-20-12-11-17(3)15-21(20)29(26,27)25-13-7-4-8-14-25/h5-6,9-12,15-16H,4,7-8,13-14H2,1-3H3,(H2,23,24,28). The molecule has 2 aromatic carbocycles. The Hall–Kier alpha value is -1.96. The first-order valence-corrected chi connectivity index (χ1v) is 11.9. The number of hydrogen-bond donors (Lipinski definition) is 2. The number of hydrogen-bond acceptors (Lipinski definition) is 3. The highest BCUT2D eigenvalue weighted by Crippen LogP contribution is 2.29. The molecule has 0 spiro atoms. The van der Waals surface area contributed by atoms with Crippen molar-refractivity contribution in [3.05, 3.63) is 53.6 Å². The van der Waals surface area contributed by atoms with E-state index in [1.807, 2.05) is 31.2 Å². The van der Waals surface area contributed by atoms with Crippen LogP contribution in [-0.2, 0) is 10.0 Å². The van der Waals surface area contributed by atoms with Crippen molar-refractivity contribution in [3.8, 4) is 0 Å². The van der Waals surface area contributed by atoms with Crippen molar-refractivity contribution in [3.63, 3.8) is 0 Å². The Morgan fingerprint density at radius 3 is 2.34 bits per heavy atom. The van der Waals surface area contributed by atoms with E-state index in [2.05, 4.69) is 30.5 Å². The van der Waals surface area contributed by atoms with Gasteiger partial charge in [-0.2, -0.15) is 4.31 Å². The minimum atomic E-state index is -3.57. The van der Waals surface area contributed by atoms with Gasteiger partial charge < -0.3 is 10.6 Å². The van der Waals surface area contributed by atoms with Crippen LogP contribution in [0.25, 0.3) is 0 Å². The molecule has 29 heavy (non-hydrogen) atoms. The van der Waals surface area contributed by atoms with E-state index in [0.29, 0.717) is 29.8 Å². The molecule has 156 valence electrons. The molecule has 2 aromatic rings. The monoisotopic (exact) mass is 431 g/mol. The van der Waals surface area contributed by atoms with E-state index in [9.17, 15) is 8.42 Å². The maximum atomic E-state index is 13.3. The third-order valence-corrected chi connectivity index (χ3v) is 7.29. The Morgan fingerprint density at radius 2 is 1.66 bits per heavy atom. The van der Waals surface area contributed by atoms with E-state index in [4.69, 9.17) is 12.2 Å².